The Morgan fingerprint density at radius 3 is 2.79 bits per heavy atom. The summed E-state index contributed by atoms with van der Waals surface area (Å²) in [7, 11) is 0. The van der Waals surface area contributed by atoms with Crippen molar-refractivity contribution in [2.24, 2.45) is 5.92 Å². The molecule has 19 heavy (non-hydrogen) atoms. The molecule has 0 spiro atoms. The number of rotatable bonds is 6. The van der Waals surface area contributed by atoms with Gasteiger partial charge in [-0.15, -0.1) is 0 Å². The molecule has 4 nitrogen and oxygen atoms in total. The van der Waals surface area contributed by atoms with Gasteiger partial charge in [0.2, 0.25) is 5.91 Å². The predicted molar refractivity (Wildman–Crippen MR) is 75.8 cm³/mol. The number of nitrogens with one attached hydrogen (secondary N) is 2. The third-order valence-corrected chi connectivity index (χ3v) is 3.72. The van der Waals surface area contributed by atoms with Crippen LogP contribution in [0.15, 0.2) is 24.5 Å². The van der Waals surface area contributed by atoms with Crippen LogP contribution in [0.4, 0.5) is 0 Å². The zero-order chi connectivity index (χ0) is 13.3. The summed E-state index contributed by atoms with van der Waals surface area (Å²) < 4.78 is 0. The molecule has 1 aliphatic rings. The van der Waals surface area contributed by atoms with Crippen LogP contribution in [-0.4, -0.2) is 30.5 Å². The van der Waals surface area contributed by atoms with Gasteiger partial charge < -0.3 is 10.6 Å². The van der Waals surface area contributed by atoms with Crippen LogP contribution >= 0.6 is 0 Å². The van der Waals surface area contributed by atoms with E-state index in [1.807, 2.05) is 12.1 Å². The number of hydrogen-bond acceptors (Lipinski definition) is 3. The van der Waals surface area contributed by atoms with E-state index in [-0.39, 0.29) is 5.91 Å². The SMILES string of the molecule is O=C(CCC1CCNCC1)NCCc1ccncc1. The lowest BCUT2D eigenvalue weighted by molar-refractivity contribution is -0.121. The second kappa shape index (κ2) is 7.89. The molecular formula is C15H23N3O. The standard InChI is InChI=1S/C15H23N3O/c19-15(2-1-13-3-8-16-9-4-13)18-12-7-14-5-10-17-11-6-14/h5-6,10-11,13,16H,1-4,7-9,12H2,(H,18,19). The fourth-order valence-corrected chi connectivity index (χ4v) is 2.49. The normalized spacial score (nSPS) is 16.2. The fraction of sp³-hybridized carbons (Fsp3) is 0.600. The molecule has 1 aliphatic heterocycles. The molecule has 1 aromatic heterocycles. The molecule has 2 rings (SSSR count). The van der Waals surface area contributed by atoms with E-state index in [9.17, 15) is 4.79 Å². The third kappa shape index (κ3) is 5.39. The highest BCUT2D eigenvalue weighted by Gasteiger charge is 2.14. The number of hydrogen-bond donors (Lipinski definition) is 2. The van der Waals surface area contributed by atoms with Crippen LogP contribution in [0.5, 0.6) is 0 Å². The fourth-order valence-electron chi connectivity index (χ4n) is 2.49. The van der Waals surface area contributed by atoms with Gasteiger partial charge in [0.1, 0.15) is 0 Å². The lowest BCUT2D eigenvalue weighted by Crippen LogP contribution is -2.30. The zero-order valence-corrected chi connectivity index (χ0v) is 11.4. The highest BCUT2D eigenvalue weighted by molar-refractivity contribution is 5.75. The Morgan fingerprint density at radius 2 is 2.05 bits per heavy atom. The molecule has 0 aromatic carbocycles. The van der Waals surface area contributed by atoms with E-state index in [0.29, 0.717) is 6.42 Å². The lowest BCUT2D eigenvalue weighted by atomic mass is 9.93. The first kappa shape index (κ1) is 14.0. The Kier molecular flexibility index (Phi) is 5.82. The molecule has 1 saturated heterocycles. The highest BCUT2D eigenvalue weighted by atomic mass is 16.1. The topological polar surface area (TPSA) is 54.0 Å². The van der Waals surface area contributed by atoms with Crippen molar-refractivity contribution in [2.75, 3.05) is 19.6 Å². The summed E-state index contributed by atoms with van der Waals surface area (Å²) >= 11 is 0. The molecular weight excluding hydrogens is 238 g/mol. The smallest absolute Gasteiger partial charge is 0.220 e. The molecule has 0 aliphatic carbocycles. The van der Waals surface area contributed by atoms with Crippen molar-refractivity contribution in [3.8, 4) is 0 Å². The summed E-state index contributed by atoms with van der Waals surface area (Å²) in [6.07, 6.45) is 8.57. The van der Waals surface area contributed by atoms with Gasteiger partial charge in [-0.25, -0.2) is 0 Å². The van der Waals surface area contributed by atoms with Gasteiger partial charge in [0, 0.05) is 25.4 Å². The van der Waals surface area contributed by atoms with E-state index >= 15 is 0 Å². The van der Waals surface area contributed by atoms with Crippen molar-refractivity contribution in [2.45, 2.75) is 32.1 Å². The molecule has 1 aromatic rings. The van der Waals surface area contributed by atoms with Crippen LogP contribution in [-0.2, 0) is 11.2 Å². The van der Waals surface area contributed by atoms with Crippen LogP contribution in [0.25, 0.3) is 0 Å². The summed E-state index contributed by atoms with van der Waals surface area (Å²) in [4.78, 5) is 15.7. The molecule has 0 atom stereocenters. The number of pyridine rings is 1. The van der Waals surface area contributed by atoms with Gasteiger partial charge >= 0.3 is 0 Å². The summed E-state index contributed by atoms with van der Waals surface area (Å²) in [5.74, 6) is 0.916. The van der Waals surface area contributed by atoms with E-state index in [0.717, 1.165) is 38.4 Å². The number of nitrogens with zero attached hydrogens (tertiary/aromatic N) is 1. The first-order valence-electron chi connectivity index (χ1n) is 7.21. The van der Waals surface area contributed by atoms with Gasteiger partial charge in [-0.2, -0.15) is 0 Å². The summed E-state index contributed by atoms with van der Waals surface area (Å²) in [6.45, 7) is 2.93. The average molecular weight is 261 g/mol. The van der Waals surface area contributed by atoms with Gasteiger partial charge in [-0.3, -0.25) is 9.78 Å². The summed E-state index contributed by atoms with van der Waals surface area (Å²) in [6, 6.07) is 3.97. The number of piperidine rings is 1. The van der Waals surface area contributed by atoms with Gasteiger partial charge in [-0.05, 0) is 62.4 Å². The van der Waals surface area contributed by atoms with Crippen LogP contribution in [0.2, 0.25) is 0 Å². The van der Waals surface area contributed by atoms with E-state index in [1.165, 1.54) is 18.4 Å². The van der Waals surface area contributed by atoms with Gasteiger partial charge in [0.25, 0.3) is 0 Å². The van der Waals surface area contributed by atoms with Gasteiger partial charge in [0.05, 0.1) is 0 Å². The largest absolute Gasteiger partial charge is 0.356 e. The number of carbonyl (C=O) groups excluding carboxylic acids is 1. The molecule has 0 unspecified atom stereocenters. The Balaban J connectivity index is 1.57. The van der Waals surface area contributed by atoms with Gasteiger partial charge in [0.15, 0.2) is 0 Å². The Bertz CT molecular complexity index is 374. The summed E-state index contributed by atoms with van der Waals surface area (Å²) in [5, 5.41) is 6.34. The van der Waals surface area contributed by atoms with Crippen molar-refractivity contribution in [1.29, 1.82) is 0 Å². The minimum atomic E-state index is 0.188. The van der Waals surface area contributed by atoms with E-state index in [1.54, 1.807) is 12.4 Å². The first-order valence-corrected chi connectivity index (χ1v) is 7.21. The zero-order valence-electron chi connectivity index (χ0n) is 11.4. The van der Waals surface area contributed by atoms with Crippen molar-refractivity contribution < 1.29 is 4.79 Å². The average Bonchev–Trinajstić information content (AvgIpc) is 2.47. The molecule has 2 heterocycles. The molecule has 1 amide bonds. The molecule has 2 N–H and O–H groups in total. The molecule has 104 valence electrons. The maximum Gasteiger partial charge on any atom is 0.220 e. The molecule has 1 fully saturated rings. The molecule has 0 radical (unpaired) electrons. The maximum atomic E-state index is 11.7. The number of amides is 1. The Morgan fingerprint density at radius 1 is 1.32 bits per heavy atom. The maximum absolute atomic E-state index is 11.7. The Labute approximate surface area is 115 Å². The minimum Gasteiger partial charge on any atom is -0.356 e. The Hall–Kier alpha value is -1.42. The van der Waals surface area contributed by atoms with Crippen LogP contribution < -0.4 is 10.6 Å². The van der Waals surface area contributed by atoms with Crippen molar-refractivity contribution in [3.05, 3.63) is 30.1 Å². The van der Waals surface area contributed by atoms with Crippen LogP contribution in [0.3, 0.4) is 0 Å². The second-order valence-corrected chi connectivity index (χ2v) is 5.19. The van der Waals surface area contributed by atoms with Crippen molar-refractivity contribution in [3.63, 3.8) is 0 Å². The van der Waals surface area contributed by atoms with Crippen molar-refractivity contribution >= 4 is 5.91 Å². The molecule has 4 heteroatoms. The lowest BCUT2D eigenvalue weighted by Gasteiger charge is -2.22. The first-order chi connectivity index (χ1) is 9.34. The number of carbonyl (C=O) groups is 1. The second-order valence-electron chi connectivity index (χ2n) is 5.19. The number of aromatic nitrogens is 1. The van der Waals surface area contributed by atoms with Crippen LogP contribution in [0.1, 0.15) is 31.2 Å². The monoisotopic (exact) mass is 261 g/mol. The quantitative estimate of drug-likeness (QED) is 0.816. The van der Waals surface area contributed by atoms with E-state index in [2.05, 4.69) is 15.6 Å². The molecule has 0 saturated carbocycles. The predicted octanol–water partition coefficient (Wildman–Crippen LogP) is 1.52. The van der Waals surface area contributed by atoms with Crippen molar-refractivity contribution in [1.82, 2.24) is 15.6 Å². The summed E-state index contributed by atoms with van der Waals surface area (Å²) in [5.41, 5.74) is 1.22. The third-order valence-electron chi connectivity index (χ3n) is 3.72. The van der Waals surface area contributed by atoms with Crippen LogP contribution in [0, 0.1) is 5.92 Å². The van der Waals surface area contributed by atoms with Gasteiger partial charge in [-0.1, -0.05) is 0 Å². The molecule has 0 bridgehead atoms. The van der Waals surface area contributed by atoms with E-state index in [4.69, 9.17) is 0 Å². The van der Waals surface area contributed by atoms with E-state index < -0.39 is 0 Å². The minimum absolute atomic E-state index is 0.188. The highest BCUT2D eigenvalue weighted by Crippen LogP contribution is 2.17.